The summed E-state index contributed by atoms with van der Waals surface area (Å²) in [6.07, 6.45) is 7.05. The van der Waals surface area contributed by atoms with Gasteiger partial charge in [0, 0.05) is 7.05 Å². The number of hydrogen-bond acceptors (Lipinski definition) is 1. The van der Waals surface area contributed by atoms with Crippen LogP contribution in [0.4, 0.5) is 0 Å². The number of aromatic nitrogens is 2. The summed E-state index contributed by atoms with van der Waals surface area (Å²) in [5, 5.41) is 0.487. The van der Waals surface area contributed by atoms with Crippen molar-refractivity contribution in [1.29, 1.82) is 0 Å². The lowest BCUT2D eigenvalue weighted by molar-refractivity contribution is 0.629. The summed E-state index contributed by atoms with van der Waals surface area (Å²) in [5.74, 6) is 2.68. The van der Waals surface area contributed by atoms with Gasteiger partial charge in [-0.15, -0.1) is 6.42 Å². The predicted molar refractivity (Wildman–Crippen MR) is 50.1 cm³/mol. The van der Waals surface area contributed by atoms with E-state index < -0.39 is 0 Å². The van der Waals surface area contributed by atoms with E-state index in [0.717, 1.165) is 5.69 Å². The van der Waals surface area contributed by atoms with E-state index in [9.17, 15) is 0 Å². The SMILES string of the molecule is C#CC(C)(C)c1c(Cl)ncn1C. The summed E-state index contributed by atoms with van der Waals surface area (Å²) in [5.41, 5.74) is 0.522. The Morgan fingerprint density at radius 3 is 2.58 bits per heavy atom. The predicted octanol–water partition coefficient (Wildman–Crippen LogP) is 1.98. The van der Waals surface area contributed by atoms with Crippen molar-refractivity contribution in [2.24, 2.45) is 7.05 Å². The van der Waals surface area contributed by atoms with Crippen molar-refractivity contribution >= 4 is 11.6 Å². The quantitative estimate of drug-likeness (QED) is 0.608. The fraction of sp³-hybridized carbons (Fsp3) is 0.444. The zero-order chi connectivity index (χ0) is 9.35. The molecule has 0 saturated heterocycles. The first-order valence-corrected chi connectivity index (χ1v) is 4.02. The van der Waals surface area contributed by atoms with E-state index in [1.165, 1.54) is 0 Å². The first kappa shape index (κ1) is 9.15. The molecular formula is C9H11ClN2. The average molecular weight is 183 g/mol. The highest BCUT2D eigenvalue weighted by atomic mass is 35.5. The van der Waals surface area contributed by atoms with Crippen LogP contribution < -0.4 is 0 Å². The van der Waals surface area contributed by atoms with Gasteiger partial charge in [-0.05, 0) is 13.8 Å². The molecule has 1 aromatic rings. The Morgan fingerprint density at radius 2 is 2.25 bits per heavy atom. The zero-order valence-corrected chi connectivity index (χ0v) is 8.18. The molecule has 0 aliphatic heterocycles. The summed E-state index contributed by atoms with van der Waals surface area (Å²) in [7, 11) is 1.88. The van der Waals surface area contributed by atoms with Crippen LogP contribution in [0, 0.1) is 12.3 Å². The second-order valence-corrected chi connectivity index (χ2v) is 3.62. The monoisotopic (exact) mass is 182 g/mol. The fourth-order valence-corrected chi connectivity index (χ4v) is 1.58. The van der Waals surface area contributed by atoms with Crippen molar-refractivity contribution in [1.82, 2.24) is 9.55 Å². The molecule has 2 nitrogen and oxygen atoms in total. The van der Waals surface area contributed by atoms with Gasteiger partial charge < -0.3 is 4.57 Å². The lowest BCUT2D eigenvalue weighted by Gasteiger charge is -2.18. The van der Waals surface area contributed by atoms with Gasteiger partial charge in [-0.3, -0.25) is 0 Å². The van der Waals surface area contributed by atoms with Crippen LogP contribution in [-0.4, -0.2) is 9.55 Å². The molecule has 0 saturated carbocycles. The van der Waals surface area contributed by atoms with Gasteiger partial charge in [0.1, 0.15) is 0 Å². The molecule has 1 heterocycles. The third-order valence-corrected chi connectivity index (χ3v) is 2.12. The maximum Gasteiger partial charge on any atom is 0.151 e. The minimum Gasteiger partial charge on any atom is -0.335 e. The summed E-state index contributed by atoms with van der Waals surface area (Å²) in [4.78, 5) is 3.96. The van der Waals surface area contributed by atoms with Gasteiger partial charge in [0.05, 0.1) is 17.4 Å². The van der Waals surface area contributed by atoms with Gasteiger partial charge in [-0.2, -0.15) is 0 Å². The number of nitrogens with zero attached hydrogens (tertiary/aromatic N) is 2. The lowest BCUT2D eigenvalue weighted by atomic mass is 9.91. The van der Waals surface area contributed by atoms with Crippen molar-refractivity contribution in [3.63, 3.8) is 0 Å². The maximum atomic E-state index is 5.88. The molecule has 0 spiro atoms. The average Bonchev–Trinajstić information content (AvgIpc) is 2.31. The van der Waals surface area contributed by atoms with Crippen LogP contribution in [0.1, 0.15) is 19.5 Å². The number of halogens is 1. The Balaban J connectivity index is 3.28. The van der Waals surface area contributed by atoms with Gasteiger partial charge in [0.15, 0.2) is 5.15 Å². The Hall–Kier alpha value is -0.940. The topological polar surface area (TPSA) is 17.8 Å². The third kappa shape index (κ3) is 1.33. The number of rotatable bonds is 1. The molecule has 0 radical (unpaired) electrons. The molecule has 0 aromatic carbocycles. The molecule has 0 unspecified atom stereocenters. The minimum atomic E-state index is -0.359. The van der Waals surface area contributed by atoms with Crippen LogP contribution in [0.3, 0.4) is 0 Å². The van der Waals surface area contributed by atoms with Gasteiger partial charge in [-0.25, -0.2) is 4.98 Å². The molecule has 64 valence electrons. The van der Waals surface area contributed by atoms with Crippen LogP contribution in [0.25, 0.3) is 0 Å². The van der Waals surface area contributed by atoms with E-state index in [2.05, 4.69) is 10.9 Å². The number of hydrogen-bond donors (Lipinski definition) is 0. The first-order valence-electron chi connectivity index (χ1n) is 3.64. The summed E-state index contributed by atoms with van der Waals surface area (Å²) < 4.78 is 1.85. The molecule has 12 heavy (non-hydrogen) atoms. The van der Waals surface area contributed by atoms with Crippen molar-refractivity contribution in [2.75, 3.05) is 0 Å². The van der Waals surface area contributed by atoms with Crippen LogP contribution in [0.2, 0.25) is 5.15 Å². The first-order chi connectivity index (χ1) is 5.49. The van der Waals surface area contributed by atoms with Crippen molar-refractivity contribution in [3.05, 3.63) is 17.2 Å². The van der Waals surface area contributed by atoms with E-state index in [-0.39, 0.29) is 5.41 Å². The maximum absolute atomic E-state index is 5.88. The van der Waals surface area contributed by atoms with E-state index in [4.69, 9.17) is 18.0 Å². The minimum absolute atomic E-state index is 0.359. The van der Waals surface area contributed by atoms with E-state index >= 15 is 0 Å². The molecule has 1 rings (SSSR count). The molecular weight excluding hydrogens is 172 g/mol. The van der Waals surface area contributed by atoms with E-state index in [0.29, 0.717) is 5.15 Å². The van der Waals surface area contributed by atoms with Crippen LogP contribution >= 0.6 is 11.6 Å². The van der Waals surface area contributed by atoms with E-state index in [1.54, 1.807) is 6.33 Å². The number of aryl methyl sites for hydroxylation is 1. The molecule has 3 heteroatoms. The van der Waals surface area contributed by atoms with Crippen LogP contribution in [0.5, 0.6) is 0 Å². The van der Waals surface area contributed by atoms with Crippen molar-refractivity contribution in [2.45, 2.75) is 19.3 Å². The molecule has 0 atom stereocenters. The van der Waals surface area contributed by atoms with Gasteiger partial charge in [0.2, 0.25) is 0 Å². The summed E-state index contributed by atoms with van der Waals surface area (Å²) in [6.45, 7) is 3.88. The molecule has 0 fully saturated rings. The zero-order valence-electron chi connectivity index (χ0n) is 7.43. The number of terminal acetylenes is 1. The highest BCUT2D eigenvalue weighted by Crippen LogP contribution is 2.27. The third-order valence-electron chi connectivity index (χ3n) is 1.85. The van der Waals surface area contributed by atoms with Crippen LogP contribution in [-0.2, 0) is 12.5 Å². The Labute approximate surface area is 77.6 Å². The van der Waals surface area contributed by atoms with Crippen LogP contribution in [0.15, 0.2) is 6.33 Å². The highest BCUT2D eigenvalue weighted by Gasteiger charge is 2.24. The van der Waals surface area contributed by atoms with Gasteiger partial charge in [-0.1, -0.05) is 17.5 Å². The second-order valence-electron chi connectivity index (χ2n) is 3.26. The molecule has 0 aliphatic rings. The van der Waals surface area contributed by atoms with Crippen molar-refractivity contribution in [3.8, 4) is 12.3 Å². The van der Waals surface area contributed by atoms with E-state index in [1.807, 2.05) is 25.5 Å². The van der Waals surface area contributed by atoms with Crippen molar-refractivity contribution < 1.29 is 0 Å². The largest absolute Gasteiger partial charge is 0.335 e. The molecule has 1 aromatic heterocycles. The fourth-order valence-electron chi connectivity index (χ4n) is 1.17. The Bertz CT molecular complexity index is 311. The smallest absolute Gasteiger partial charge is 0.151 e. The Kier molecular flexibility index (Phi) is 2.16. The molecule has 0 amide bonds. The van der Waals surface area contributed by atoms with Gasteiger partial charge in [0.25, 0.3) is 0 Å². The number of imidazole rings is 1. The molecule has 0 bridgehead atoms. The highest BCUT2D eigenvalue weighted by molar-refractivity contribution is 6.30. The second kappa shape index (κ2) is 2.84. The summed E-state index contributed by atoms with van der Waals surface area (Å²) in [6, 6.07) is 0. The van der Waals surface area contributed by atoms with Gasteiger partial charge >= 0.3 is 0 Å². The lowest BCUT2D eigenvalue weighted by Crippen LogP contribution is -2.18. The standard InChI is InChI=1S/C9H11ClN2/c1-5-9(2,3)7-8(10)11-6-12(7)4/h1,6H,2-4H3. The normalized spacial score (nSPS) is 11.2. The molecule has 0 N–H and O–H groups in total. The Morgan fingerprint density at radius 1 is 1.67 bits per heavy atom. The molecule has 0 aliphatic carbocycles. The summed E-state index contributed by atoms with van der Waals surface area (Å²) >= 11 is 5.88.